The van der Waals surface area contributed by atoms with Gasteiger partial charge in [-0.05, 0) is 74.0 Å². The number of H-pyrrole nitrogens is 1. The number of nitrogens with one attached hydrogen (secondary N) is 2. The van der Waals surface area contributed by atoms with Gasteiger partial charge < -0.3 is 34.0 Å². The van der Waals surface area contributed by atoms with Crippen molar-refractivity contribution in [2.45, 2.75) is 33.3 Å². The molecule has 40 heavy (non-hydrogen) atoms. The standard InChI is InChI=1S/C31H39N4O4P/c1-6-40(36,7-2)30-26(9-8-10-28(30)38-20-37-5)33-29-21(3)18-32-31-25(29)17-27(34-31)22-11-13-23(14-12-22)39-24-15-16-35(4)19-24/h8-14,17-18,24H,6-7,15-16,19-20H2,1-5H3,(H2,32,33,34)/t24-/m1/s1. The summed E-state index contributed by atoms with van der Waals surface area (Å²) < 4.78 is 31.3. The third kappa shape index (κ3) is 5.75. The molecule has 0 aliphatic carbocycles. The number of hydrogen-bond donors (Lipinski definition) is 2. The fourth-order valence-corrected chi connectivity index (χ4v) is 7.54. The van der Waals surface area contributed by atoms with Gasteiger partial charge in [-0.15, -0.1) is 0 Å². The zero-order valence-electron chi connectivity index (χ0n) is 24.0. The van der Waals surface area contributed by atoms with Crippen molar-refractivity contribution in [2.24, 2.45) is 0 Å². The number of anilines is 2. The van der Waals surface area contributed by atoms with Crippen molar-refractivity contribution in [3.05, 3.63) is 60.3 Å². The Morgan fingerprint density at radius 3 is 2.60 bits per heavy atom. The Balaban J connectivity index is 1.48. The van der Waals surface area contributed by atoms with Crippen molar-refractivity contribution in [3.63, 3.8) is 0 Å². The molecular formula is C31H39N4O4P. The van der Waals surface area contributed by atoms with E-state index in [2.05, 4.69) is 45.4 Å². The maximum Gasteiger partial charge on any atom is 0.188 e. The Kier molecular flexibility index (Phi) is 8.50. The second kappa shape index (κ2) is 12.0. The highest BCUT2D eigenvalue weighted by Crippen LogP contribution is 2.49. The molecule has 0 unspecified atom stereocenters. The first-order chi connectivity index (χ1) is 19.3. The molecule has 2 aromatic carbocycles. The summed E-state index contributed by atoms with van der Waals surface area (Å²) in [5.74, 6) is 1.47. The molecule has 1 atom stereocenters. The molecule has 2 aromatic heterocycles. The van der Waals surface area contributed by atoms with Gasteiger partial charge >= 0.3 is 0 Å². The van der Waals surface area contributed by atoms with Gasteiger partial charge in [0.2, 0.25) is 0 Å². The predicted octanol–water partition coefficient (Wildman–Crippen LogP) is 6.38. The van der Waals surface area contributed by atoms with Crippen LogP contribution in [0.4, 0.5) is 11.4 Å². The van der Waals surface area contributed by atoms with Gasteiger partial charge in [-0.25, -0.2) is 4.98 Å². The van der Waals surface area contributed by atoms with E-state index in [-0.39, 0.29) is 12.9 Å². The molecule has 1 saturated heterocycles. The van der Waals surface area contributed by atoms with Crippen molar-refractivity contribution in [1.82, 2.24) is 14.9 Å². The summed E-state index contributed by atoms with van der Waals surface area (Å²) in [5, 5.41) is 5.30. The second-order valence-corrected chi connectivity index (χ2v) is 13.9. The number of ether oxygens (including phenoxy) is 3. The Labute approximate surface area is 236 Å². The molecule has 2 N–H and O–H groups in total. The number of aromatic nitrogens is 2. The summed E-state index contributed by atoms with van der Waals surface area (Å²) in [6.45, 7) is 8.08. The molecular weight excluding hydrogens is 523 g/mol. The van der Waals surface area contributed by atoms with E-state index < -0.39 is 7.14 Å². The number of likely N-dealkylation sites (N-methyl/N-ethyl adjacent to an activating group) is 1. The van der Waals surface area contributed by atoms with E-state index >= 15 is 0 Å². The topological polar surface area (TPSA) is 88.7 Å². The SMILES string of the molecule is CCP(=O)(CC)c1c(Nc2c(C)cnc3[nH]c(-c4ccc(O[C@@H]5CCN(C)C5)cc4)cc23)cccc1OCOC. The van der Waals surface area contributed by atoms with Gasteiger partial charge in [0.25, 0.3) is 0 Å². The Morgan fingerprint density at radius 2 is 1.93 bits per heavy atom. The molecule has 9 heteroatoms. The fourth-order valence-electron chi connectivity index (χ4n) is 5.35. The zero-order chi connectivity index (χ0) is 28.3. The van der Waals surface area contributed by atoms with Gasteiger partial charge in [0.15, 0.2) is 6.79 Å². The van der Waals surface area contributed by atoms with E-state index in [1.165, 1.54) is 0 Å². The van der Waals surface area contributed by atoms with Crippen molar-refractivity contribution in [3.8, 4) is 22.8 Å². The first-order valence-corrected chi connectivity index (χ1v) is 16.0. The summed E-state index contributed by atoms with van der Waals surface area (Å²) in [6.07, 6.45) is 4.23. The van der Waals surface area contributed by atoms with Gasteiger partial charge in [0, 0.05) is 49.8 Å². The van der Waals surface area contributed by atoms with Crippen LogP contribution in [0.1, 0.15) is 25.8 Å². The van der Waals surface area contributed by atoms with Gasteiger partial charge in [0.05, 0.1) is 16.7 Å². The highest BCUT2D eigenvalue weighted by molar-refractivity contribution is 7.72. The number of fused-ring (bicyclic) bond motifs is 1. The molecule has 3 heterocycles. The summed E-state index contributed by atoms with van der Waals surface area (Å²) >= 11 is 0. The predicted molar refractivity (Wildman–Crippen MR) is 163 cm³/mol. The van der Waals surface area contributed by atoms with E-state index in [0.717, 1.165) is 69.8 Å². The van der Waals surface area contributed by atoms with Gasteiger partial charge in [-0.2, -0.15) is 0 Å². The first-order valence-electron chi connectivity index (χ1n) is 13.9. The van der Waals surface area contributed by atoms with Gasteiger partial charge in [-0.1, -0.05) is 19.9 Å². The number of rotatable bonds is 11. The quantitative estimate of drug-likeness (QED) is 0.162. The molecule has 5 rings (SSSR count). The Morgan fingerprint density at radius 1 is 1.15 bits per heavy atom. The fraction of sp³-hybridized carbons (Fsp3) is 0.387. The van der Waals surface area contributed by atoms with Gasteiger partial charge in [0.1, 0.15) is 30.4 Å². The molecule has 212 valence electrons. The van der Waals surface area contributed by atoms with Crippen LogP contribution < -0.4 is 20.1 Å². The number of aromatic amines is 1. The van der Waals surface area contributed by atoms with Crippen LogP contribution >= 0.6 is 7.14 Å². The smallest absolute Gasteiger partial charge is 0.188 e. The molecule has 1 fully saturated rings. The zero-order valence-corrected chi connectivity index (χ0v) is 24.9. The molecule has 0 spiro atoms. The lowest BCUT2D eigenvalue weighted by atomic mass is 10.1. The minimum absolute atomic E-state index is 0.0884. The van der Waals surface area contributed by atoms with Gasteiger partial charge in [-0.3, -0.25) is 0 Å². The number of likely N-dealkylation sites (tertiary alicyclic amines) is 1. The molecule has 0 bridgehead atoms. The maximum atomic E-state index is 14.0. The lowest BCUT2D eigenvalue weighted by Gasteiger charge is -2.23. The van der Waals surface area contributed by atoms with Crippen molar-refractivity contribution in [1.29, 1.82) is 0 Å². The van der Waals surface area contributed by atoms with Crippen LogP contribution in [0, 0.1) is 6.92 Å². The van der Waals surface area contributed by atoms with Crippen molar-refractivity contribution >= 4 is 34.9 Å². The lowest BCUT2D eigenvalue weighted by Crippen LogP contribution is -2.21. The number of methoxy groups -OCH3 is 1. The van der Waals surface area contributed by atoms with E-state index in [1.54, 1.807) is 7.11 Å². The van der Waals surface area contributed by atoms with Crippen LogP contribution in [0.3, 0.4) is 0 Å². The van der Waals surface area contributed by atoms with Crippen LogP contribution in [-0.4, -0.2) is 67.3 Å². The molecule has 1 aliphatic rings. The molecule has 8 nitrogen and oxygen atoms in total. The largest absolute Gasteiger partial charge is 0.489 e. The van der Waals surface area contributed by atoms with Crippen LogP contribution in [0.15, 0.2) is 54.7 Å². The summed E-state index contributed by atoms with van der Waals surface area (Å²) in [5.41, 5.74) is 5.48. The highest BCUT2D eigenvalue weighted by atomic mass is 31.2. The Hall–Kier alpha value is -3.32. The summed E-state index contributed by atoms with van der Waals surface area (Å²) in [4.78, 5) is 10.4. The average Bonchev–Trinajstić information content (AvgIpc) is 3.59. The third-order valence-corrected chi connectivity index (χ3v) is 11.0. The summed E-state index contributed by atoms with van der Waals surface area (Å²) in [6, 6.07) is 16.1. The number of hydrogen-bond acceptors (Lipinski definition) is 7. The lowest BCUT2D eigenvalue weighted by molar-refractivity contribution is 0.0519. The minimum atomic E-state index is -2.70. The molecule has 1 aliphatic heterocycles. The van der Waals surface area contributed by atoms with Crippen LogP contribution in [-0.2, 0) is 9.30 Å². The van der Waals surface area contributed by atoms with E-state index in [9.17, 15) is 4.57 Å². The second-order valence-electron chi connectivity index (χ2n) is 10.4. The average molecular weight is 563 g/mol. The van der Waals surface area contributed by atoms with E-state index in [4.69, 9.17) is 14.2 Å². The van der Waals surface area contributed by atoms with Crippen LogP contribution in [0.5, 0.6) is 11.5 Å². The van der Waals surface area contributed by atoms with E-state index in [1.807, 2.05) is 57.3 Å². The first kappa shape index (κ1) is 28.2. The monoisotopic (exact) mass is 562 g/mol. The maximum absolute atomic E-state index is 14.0. The van der Waals surface area contributed by atoms with Crippen LogP contribution in [0.25, 0.3) is 22.3 Å². The molecule has 0 saturated carbocycles. The molecule has 0 amide bonds. The van der Waals surface area contributed by atoms with Crippen molar-refractivity contribution < 1.29 is 18.8 Å². The number of benzene rings is 2. The van der Waals surface area contributed by atoms with E-state index in [0.29, 0.717) is 18.1 Å². The highest BCUT2D eigenvalue weighted by Gasteiger charge is 2.29. The molecule has 4 aromatic rings. The van der Waals surface area contributed by atoms with Crippen LogP contribution in [0.2, 0.25) is 0 Å². The Bertz CT molecular complexity index is 1510. The number of pyridine rings is 1. The van der Waals surface area contributed by atoms with Crippen molar-refractivity contribution in [2.75, 3.05) is 51.7 Å². The normalized spacial score (nSPS) is 16.0. The number of aryl methyl sites for hydroxylation is 1. The summed E-state index contributed by atoms with van der Waals surface area (Å²) in [7, 11) is 1.00. The minimum Gasteiger partial charge on any atom is -0.489 e. The molecule has 0 radical (unpaired) electrons. The number of nitrogens with zero attached hydrogens (tertiary/aromatic N) is 2. The third-order valence-electron chi connectivity index (χ3n) is 7.68.